The second kappa shape index (κ2) is 6.13. The Morgan fingerprint density at radius 1 is 1.20 bits per heavy atom. The first-order valence-corrected chi connectivity index (χ1v) is 7.25. The molecule has 1 N–H and O–H groups in total. The quantitative estimate of drug-likeness (QED) is 0.884. The molecule has 1 aromatic carbocycles. The van der Waals surface area contributed by atoms with Crippen LogP contribution in [0.25, 0.3) is 0 Å². The van der Waals surface area contributed by atoms with E-state index in [0.29, 0.717) is 6.02 Å². The van der Waals surface area contributed by atoms with Gasteiger partial charge in [0.05, 0.1) is 6.54 Å². The number of nitrogens with one attached hydrogen (secondary N) is 1. The van der Waals surface area contributed by atoms with Crippen LogP contribution in [0.2, 0.25) is 0 Å². The van der Waals surface area contributed by atoms with Crippen LogP contribution in [0.4, 0.5) is 5.69 Å². The van der Waals surface area contributed by atoms with Crippen molar-refractivity contribution in [1.82, 2.24) is 10.2 Å². The lowest BCUT2D eigenvalue weighted by molar-refractivity contribution is 0.144. The summed E-state index contributed by atoms with van der Waals surface area (Å²) in [6, 6.07) is 11.3. The number of anilines is 1. The van der Waals surface area contributed by atoms with E-state index < -0.39 is 0 Å². The third-order valence-electron chi connectivity index (χ3n) is 3.92. The van der Waals surface area contributed by atoms with Crippen molar-refractivity contribution in [1.29, 1.82) is 0 Å². The Labute approximate surface area is 120 Å². The number of para-hydroxylation sites is 1. The lowest BCUT2D eigenvalue weighted by Crippen LogP contribution is -2.49. The van der Waals surface area contributed by atoms with E-state index in [-0.39, 0.29) is 6.10 Å². The smallest absolute Gasteiger partial charge is 0.284 e. The molecule has 0 amide bonds. The minimum Gasteiger partial charge on any atom is -0.459 e. The number of piperazine rings is 1. The molecule has 0 spiro atoms. The lowest BCUT2D eigenvalue weighted by Gasteiger charge is -2.36. The summed E-state index contributed by atoms with van der Waals surface area (Å²) in [5.41, 5.74) is 1.33. The summed E-state index contributed by atoms with van der Waals surface area (Å²) >= 11 is 0. The molecule has 108 valence electrons. The topological polar surface area (TPSA) is 40.1 Å². The van der Waals surface area contributed by atoms with Crippen molar-refractivity contribution in [3.63, 3.8) is 0 Å². The maximum Gasteiger partial charge on any atom is 0.284 e. The minimum atomic E-state index is 0.233. The van der Waals surface area contributed by atoms with Crippen LogP contribution in [0.15, 0.2) is 35.3 Å². The number of rotatable bonds is 3. The molecule has 1 atom stereocenters. The van der Waals surface area contributed by atoms with E-state index in [1.165, 1.54) is 5.69 Å². The van der Waals surface area contributed by atoms with Crippen LogP contribution in [-0.2, 0) is 4.74 Å². The van der Waals surface area contributed by atoms with E-state index >= 15 is 0 Å². The summed E-state index contributed by atoms with van der Waals surface area (Å²) < 4.78 is 5.71. The third-order valence-corrected chi connectivity index (χ3v) is 3.92. The van der Waals surface area contributed by atoms with Gasteiger partial charge in [0.25, 0.3) is 6.02 Å². The number of hydrogen-bond donors (Lipinski definition) is 1. The molecule has 2 saturated heterocycles. The monoisotopic (exact) mass is 274 g/mol. The molecular formula is C15H22N4O. The first-order chi connectivity index (χ1) is 9.85. The van der Waals surface area contributed by atoms with Crippen LogP contribution in [0.1, 0.15) is 0 Å². The number of amidine groups is 1. The Balaban J connectivity index is 1.47. The largest absolute Gasteiger partial charge is 0.459 e. The number of benzene rings is 1. The molecule has 0 radical (unpaired) electrons. The fourth-order valence-electron chi connectivity index (χ4n) is 2.79. The minimum absolute atomic E-state index is 0.233. The van der Waals surface area contributed by atoms with E-state index in [4.69, 9.17) is 4.74 Å². The maximum atomic E-state index is 5.71. The van der Waals surface area contributed by atoms with Crippen LogP contribution in [0.5, 0.6) is 0 Å². The molecule has 0 saturated carbocycles. The fourth-order valence-corrected chi connectivity index (χ4v) is 2.79. The Hall–Kier alpha value is -1.75. The highest BCUT2D eigenvalue weighted by Crippen LogP contribution is 2.16. The third kappa shape index (κ3) is 3.04. The average Bonchev–Trinajstić information content (AvgIpc) is 2.97. The first-order valence-electron chi connectivity index (χ1n) is 7.25. The van der Waals surface area contributed by atoms with E-state index in [2.05, 4.69) is 50.4 Å². The van der Waals surface area contributed by atoms with Crippen molar-refractivity contribution >= 4 is 11.7 Å². The standard InChI is InChI=1S/C15H22N4O/c1-16-15-17-11-14(20-15)12-18-7-9-19(10-8-18)13-5-3-2-4-6-13/h2-6,14H,7-12H2,1H3,(H,16,17)/t14-/m0/s1. The highest BCUT2D eigenvalue weighted by Gasteiger charge is 2.25. The Morgan fingerprint density at radius 3 is 2.60 bits per heavy atom. The molecule has 20 heavy (non-hydrogen) atoms. The molecule has 2 heterocycles. The fraction of sp³-hybridized carbons (Fsp3) is 0.533. The molecule has 0 bridgehead atoms. The summed E-state index contributed by atoms with van der Waals surface area (Å²) in [7, 11) is 1.75. The van der Waals surface area contributed by atoms with Crippen LogP contribution in [0, 0.1) is 0 Å². The average molecular weight is 274 g/mol. The van der Waals surface area contributed by atoms with Crippen LogP contribution in [-0.4, -0.2) is 63.3 Å². The summed E-state index contributed by atoms with van der Waals surface area (Å²) in [5.74, 6) is 0. The second-order valence-corrected chi connectivity index (χ2v) is 5.27. The number of nitrogens with zero attached hydrogens (tertiary/aromatic N) is 3. The zero-order valence-corrected chi connectivity index (χ0v) is 12.0. The zero-order chi connectivity index (χ0) is 13.8. The van der Waals surface area contributed by atoms with Gasteiger partial charge in [0, 0.05) is 45.5 Å². The van der Waals surface area contributed by atoms with Gasteiger partial charge in [-0.2, -0.15) is 0 Å². The van der Waals surface area contributed by atoms with Crippen molar-refractivity contribution in [3.05, 3.63) is 30.3 Å². The molecule has 0 unspecified atom stereocenters. The zero-order valence-electron chi connectivity index (χ0n) is 12.0. The SMILES string of the molecule is CN=C1NC[C@@H](CN2CCN(c3ccccc3)CC2)O1. The highest BCUT2D eigenvalue weighted by atomic mass is 16.5. The first kappa shape index (κ1) is 13.2. The molecule has 1 aromatic rings. The summed E-state index contributed by atoms with van der Waals surface area (Å²) in [4.78, 5) is 8.96. The van der Waals surface area contributed by atoms with Crippen LogP contribution < -0.4 is 10.2 Å². The Morgan fingerprint density at radius 2 is 1.95 bits per heavy atom. The highest BCUT2D eigenvalue weighted by molar-refractivity contribution is 5.75. The number of aliphatic imine (C=N–C) groups is 1. The molecule has 5 heteroatoms. The second-order valence-electron chi connectivity index (χ2n) is 5.27. The molecule has 2 fully saturated rings. The van der Waals surface area contributed by atoms with Gasteiger partial charge < -0.3 is 15.0 Å². The van der Waals surface area contributed by atoms with Gasteiger partial charge in [-0.1, -0.05) is 18.2 Å². The van der Waals surface area contributed by atoms with Crippen molar-refractivity contribution < 1.29 is 4.74 Å². The van der Waals surface area contributed by atoms with Gasteiger partial charge in [-0.15, -0.1) is 0 Å². The Kier molecular flexibility index (Phi) is 4.06. The van der Waals surface area contributed by atoms with Crippen molar-refractivity contribution in [2.24, 2.45) is 4.99 Å². The van der Waals surface area contributed by atoms with Gasteiger partial charge in [-0.05, 0) is 12.1 Å². The van der Waals surface area contributed by atoms with Crippen molar-refractivity contribution in [3.8, 4) is 0 Å². The van der Waals surface area contributed by atoms with Crippen molar-refractivity contribution in [2.75, 3.05) is 51.2 Å². The van der Waals surface area contributed by atoms with Gasteiger partial charge in [0.15, 0.2) is 0 Å². The van der Waals surface area contributed by atoms with Gasteiger partial charge in [0.2, 0.25) is 0 Å². The number of hydrogen-bond acceptors (Lipinski definition) is 4. The lowest BCUT2D eigenvalue weighted by atomic mass is 10.2. The van der Waals surface area contributed by atoms with Gasteiger partial charge in [-0.25, -0.2) is 4.99 Å². The molecule has 5 nitrogen and oxygen atoms in total. The van der Waals surface area contributed by atoms with E-state index in [0.717, 1.165) is 39.3 Å². The molecule has 0 aliphatic carbocycles. The summed E-state index contributed by atoms with van der Waals surface area (Å²) in [5, 5.41) is 3.17. The van der Waals surface area contributed by atoms with E-state index in [9.17, 15) is 0 Å². The predicted octanol–water partition coefficient (Wildman–Crippen LogP) is 0.783. The maximum absolute atomic E-state index is 5.71. The van der Waals surface area contributed by atoms with Crippen LogP contribution >= 0.6 is 0 Å². The normalized spacial score (nSPS) is 25.6. The van der Waals surface area contributed by atoms with Gasteiger partial charge >= 0.3 is 0 Å². The molecule has 3 rings (SSSR count). The molecule has 2 aliphatic rings. The van der Waals surface area contributed by atoms with E-state index in [1.807, 2.05) is 0 Å². The summed E-state index contributed by atoms with van der Waals surface area (Å²) in [6.45, 7) is 6.19. The molecule has 2 aliphatic heterocycles. The molecular weight excluding hydrogens is 252 g/mol. The van der Waals surface area contributed by atoms with Crippen LogP contribution in [0.3, 0.4) is 0 Å². The number of ether oxygens (including phenoxy) is 1. The van der Waals surface area contributed by atoms with E-state index in [1.54, 1.807) is 7.05 Å². The van der Waals surface area contributed by atoms with Crippen molar-refractivity contribution in [2.45, 2.75) is 6.10 Å². The van der Waals surface area contributed by atoms with Gasteiger partial charge in [-0.3, -0.25) is 4.90 Å². The Bertz CT molecular complexity index is 454. The molecule has 0 aromatic heterocycles. The predicted molar refractivity (Wildman–Crippen MR) is 81.3 cm³/mol. The summed E-state index contributed by atoms with van der Waals surface area (Å²) in [6.07, 6.45) is 0.233. The van der Waals surface area contributed by atoms with Gasteiger partial charge in [0.1, 0.15) is 6.10 Å².